The van der Waals surface area contributed by atoms with Gasteiger partial charge in [-0.15, -0.1) is 0 Å². The molecule has 2 rings (SSSR count). The number of halogens is 1. The van der Waals surface area contributed by atoms with Crippen LogP contribution in [0.1, 0.15) is 17.2 Å². The van der Waals surface area contributed by atoms with Crippen molar-refractivity contribution in [2.45, 2.75) is 6.10 Å². The summed E-state index contributed by atoms with van der Waals surface area (Å²) >= 11 is 0. The molecule has 2 aromatic rings. The summed E-state index contributed by atoms with van der Waals surface area (Å²) in [6, 6.07) is 1.45. The fourth-order valence-corrected chi connectivity index (χ4v) is 1.37. The first-order valence-corrected chi connectivity index (χ1v) is 4.44. The Balaban J connectivity index is 2.36. The van der Waals surface area contributed by atoms with Crippen LogP contribution < -0.4 is 0 Å². The largest absolute Gasteiger partial charge is 0.383 e. The number of hydrogen-bond donors (Lipinski definition) is 1. The molecule has 0 saturated heterocycles. The lowest BCUT2D eigenvalue weighted by molar-refractivity contribution is 0.214. The number of aryl methyl sites for hydroxylation is 1. The Morgan fingerprint density at radius 2 is 2.27 bits per heavy atom. The molecule has 5 heteroatoms. The van der Waals surface area contributed by atoms with Crippen molar-refractivity contribution in [3.05, 3.63) is 47.8 Å². The Kier molecular flexibility index (Phi) is 2.47. The summed E-state index contributed by atoms with van der Waals surface area (Å²) in [5, 5.41) is 13.8. The zero-order valence-corrected chi connectivity index (χ0v) is 8.13. The third-order valence-electron chi connectivity index (χ3n) is 2.14. The van der Waals surface area contributed by atoms with Crippen LogP contribution in [0.2, 0.25) is 0 Å². The second-order valence-electron chi connectivity index (χ2n) is 3.25. The highest BCUT2D eigenvalue weighted by Gasteiger charge is 2.15. The van der Waals surface area contributed by atoms with Gasteiger partial charge in [0.15, 0.2) is 0 Å². The van der Waals surface area contributed by atoms with E-state index in [0.717, 1.165) is 6.20 Å². The molecule has 15 heavy (non-hydrogen) atoms. The molecule has 0 aliphatic rings. The van der Waals surface area contributed by atoms with Crippen molar-refractivity contribution in [1.82, 2.24) is 14.8 Å². The van der Waals surface area contributed by atoms with E-state index in [1.165, 1.54) is 18.5 Å². The summed E-state index contributed by atoms with van der Waals surface area (Å²) in [5.41, 5.74) is 0.764. The maximum absolute atomic E-state index is 13.3. The van der Waals surface area contributed by atoms with E-state index < -0.39 is 11.9 Å². The average Bonchev–Trinajstić information content (AvgIpc) is 2.65. The van der Waals surface area contributed by atoms with Crippen LogP contribution >= 0.6 is 0 Å². The summed E-state index contributed by atoms with van der Waals surface area (Å²) in [6.07, 6.45) is 4.67. The van der Waals surface area contributed by atoms with Crippen LogP contribution in [-0.2, 0) is 7.05 Å². The molecule has 0 fully saturated rings. The summed E-state index contributed by atoms with van der Waals surface area (Å²) in [7, 11) is 1.74. The van der Waals surface area contributed by atoms with E-state index in [-0.39, 0.29) is 5.56 Å². The first-order valence-electron chi connectivity index (χ1n) is 4.44. The molecule has 0 saturated carbocycles. The number of nitrogens with zero attached hydrogens (tertiary/aromatic N) is 3. The molecular formula is C10H10FN3O. The maximum atomic E-state index is 13.3. The lowest BCUT2D eigenvalue weighted by Crippen LogP contribution is -2.01. The molecular weight excluding hydrogens is 197 g/mol. The number of aromatic nitrogens is 3. The monoisotopic (exact) mass is 207 g/mol. The Morgan fingerprint density at radius 1 is 1.47 bits per heavy atom. The standard InChI is InChI=1S/C10H10FN3O/c1-14-6-7(4-13-14)10(15)8-2-3-12-5-9(8)11/h2-6,10,15H,1H3. The van der Waals surface area contributed by atoms with Gasteiger partial charge >= 0.3 is 0 Å². The van der Waals surface area contributed by atoms with E-state index in [9.17, 15) is 9.50 Å². The molecule has 0 bridgehead atoms. The average molecular weight is 207 g/mol. The van der Waals surface area contributed by atoms with Crippen LogP contribution in [0.3, 0.4) is 0 Å². The second kappa shape index (κ2) is 3.78. The first kappa shape index (κ1) is 9.79. The van der Waals surface area contributed by atoms with E-state index >= 15 is 0 Å². The van der Waals surface area contributed by atoms with Crippen molar-refractivity contribution in [1.29, 1.82) is 0 Å². The fourth-order valence-electron chi connectivity index (χ4n) is 1.37. The summed E-state index contributed by atoms with van der Waals surface area (Å²) in [6.45, 7) is 0. The van der Waals surface area contributed by atoms with Gasteiger partial charge in [0.2, 0.25) is 0 Å². The lowest BCUT2D eigenvalue weighted by Gasteiger charge is -2.08. The molecule has 0 amide bonds. The van der Waals surface area contributed by atoms with Crippen LogP contribution in [0.25, 0.3) is 0 Å². The van der Waals surface area contributed by atoms with Gasteiger partial charge in [0, 0.05) is 30.6 Å². The van der Waals surface area contributed by atoms with Gasteiger partial charge in [0.25, 0.3) is 0 Å². The second-order valence-corrected chi connectivity index (χ2v) is 3.25. The normalized spacial score (nSPS) is 12.7. The van der Waals surface area contributed by atoms with E-state index in [4.69, 9.17) is 0 Å². The van der Waals surface area contributed by atoms with Crippen molar-refractivity contribution in [2.24, 2.45) is 7.05 Å². The van der Waals surface area contributed by atoms with Crippen LogP contribution in [0.5, 0.6) is 0 Å². The van der Waals surface area contributed by atoms with Crippen LogP contribution in [0.4, 0.5) is 4.39 Å². The molecule has 0 aliphatic heterocycles. The zero-order valence-electron chi connectivity index (χ0n) is 8.13. The SMILES string of the molecule is Cn1cc(C(O)c2ccncc2F)cn1. The molecule has 1 atom stereocenters. The summed E-state index contributed by atoms with van der Waals surface area (Å²) in [5.74, 6) is -0.520. The predicted octanol–water partition coefficient (Wildman–Crippen LogP) is 1.04. The lowest BCUT2D eigenvalue weighted by atomic mass is 10.1. The highest BCUT2D eigenvalue weighted by atomic mass is 19.1. The van der Waals surface area contributed by atoms with Gasteiger partial charge in [0.05, 0.1) is 12.4 Å². The summed E-state index contributed by atoms with van der Waals surface area (Å²) in [4.78, 5) is 3.62. The van der Waals surface area contributed by atoms with Gasteiger partial charge in [-0.2, -0.15) is 5.10 Å². The highest BCUT2D eigenvalue weighted by molar-refractivity contribution is 5.25. The number of aliphatic hydroxyl groups excluding tert-OH is 1. The van der Waals surface area contributed by atoms with Gasteiger partial charge in [0.1, 0.15) is 11.9 Å². The molecule has 0 aromatic carbocycles. The molecule has 1 unspecified atom stereocenters. The molecule has 0 radical (unpaired) electrons. The zero-order chi connectivity index (χ0) is 10.8. The smallest absolute Gasteiger partial charge is 0.147 e. The molecule has 2 heterocycles. The minimum absolute atomic E-state index is 0.206. The minimum atomic E-state index is -0.998. The van der Waals surface area contributed by atoms with Gasteiger partial charge < -0.3 is 5.11 Å². The molecule has 1 N–H and O–H groups in total. The maximum Gasteiger partial charge on any atom is 0.147 e. The molecule has 2 aromatic heterocycles. The van der Waals surface area contributed by atoms with Crippen LogP contribution in [0.15, 0.2) is 30.9 Å². The van der Waals surface area contributed by atoms with Crippen LogP contribution in [0, 0.1) is 5.82 Å². The number of pyridine rings is 1. The topological polar surface area (TPSA) is 50.9 Å². The van der Waals surface area contributed by atoms with Crippen molar-refractivity contribution in [2.75, 3.05) is 0 Å². The molecule has 4 nitrogen and oxygen atoms in total. The van der Waals surface area contributed by atoms with Gasteiger partial charge in [-0.25, -0.2) is 4.39 Å². The minimum Gasteiger partial charge on any atom is -0.383 e. The van der Waals surface area contributed by atoms with Gasteiger partial charge in [-0.1, -0.05) is 0 Å². The van der Waals surface area contributed by atoms with E-state index in [1.807, 2.05) is 0 Å². The fraction of sp³-hybridized carbons (Fsp3) is 0.200. The number of hydrogen-bond acceptors (Lipinski definition) is 3. The molecule has 78 valence electrons. The molecule has 0 spiro atoms. The third kappa shape index (κ3) is 1.87. The van der Waals surface area contributed by atoms with Crippen molar-refractivity contribution in [3.63, 3.8) is 0 Å². The van der Waals surface area contributed by atoms with E-state index in [1.54, 1.807) is 17.9 Å². The molecule has 0 aliphatic carbocycles. The van der Waals surface area contributed by atoms with Crippen molar-refractivity contribution >= 4 is 0 Å². The Hall–Kier alpha value is -1.75. The Bertz CT molecular complexity index is 469. The highest BCUT2D eigenvalue weighted by Crippen LogP contribution is 2.22. The van der Waals surface area contributed by atoms with Gasteiger partial charge in [-0.05, 0) is 6.07 Å². The number of aliphatic hydroxyl groups is 1. The Morgan fingerprint density at radius 3 is 2.87 bits per heavy atom. The van der Waals surface area contributed by atoms with Gasteiger partial charge in [-0.3, -0.25) is 9.67 Å². The first-order chi connectivity index (χ1) is 7.18. The number of rotatable bonds is 2. The van der Waals surface area contributed by atoms with Crippen molar-refractivity contribution < 1.29 is 9.50 Å². The quantitative estimate of drug-likeness (QED) is 0.800. The third-order valence-corrected chi connectivity index (χ3v) is 2.14. The Labute approximate surface area is 86.0 Å². The van der Waals surface area contributed by atoms with E-state index in [2.05, 4.69) is 10.1 Å². The summed E-state index contributed by atoms with van der Waals surface area (Å²) < 4.78 is 14.8. The van der Waals surface area contributed by atoms with Crippen LogP contribution in [-0.4, -0.2) is 19.9 Å². The van der Waals surface area contributed by atoms with Crippen molar-refractivity contribution in [3.8, 4) is 0 Å². The van der Waals surface area contributed by atoms with E-state index in [0.29, 0.717) is 5.56 Å². The predicted molar refractivity (Wildman–Crippen MR) is 51.5 cm³/mol.